The summed E-state index contributed by atoms with van der Waals surface area (Å²) in [5, 5.41) is 0. The third-order valence-corrected chi connectivity index (χ3v) is 3.58. The zero-order valence-electron chi connectivity index (χ0n) is 13.2. The van der Waals surface area contributed by atoms with Gasteiger partial charge in [0.15, 0.2) is 0 Å². The number of hydrogen-bond acceptors (Lipinski definition) is 2. The molecule has 0 saturated carbocycles. The highest BCUT2D eigenvalue weighted by atomic mass is 16.5. The van der Waals surface area contributed by atoms with Crippen LogP contribution in [-0.4, -0.2) is 31.8 Å². The van der Waals surface area contributed by atoms with Gasteiger partial charge in [0.05, 0.1) is 0 Å². The lowest BCUT2D eigenvalue weighted by Gasteiger charge is -2.19. The van der Waals surface area contributed by atoms with Gasteiger partial charge in [-0.15, -0.1) is 0 Å². The van der Waals surface area contributed by atoms with Crippen LogP contribution in [0, 0.1) is 0 Å². The normalized spacial score (nSPS) is 13.2. The van der Waals surface area contributed by atoms with Gasteiger partial charge in [0.25, 0.3) is 0 Å². The smallest absolute Gasteiger partial charge is 0.107 e. The highest BCUT2D eigenvalue weighted by molar-refractivity contribution is 4.49. The molecule has 0 N–H and O–H groups in total. The molecule has 110 valence electrons. The molecule has 0 aliphatic heterocycles. The summed E-state index contributed by atoms with van der Waals surface area (Å²) in [6.45, 7) is 5.30. The summed E-state index contributed by atoms with van der Waals surface area (Å²) >= 11 is 0. The molecule has 0 amide bonds. The summed E-state index contributed by atoms with van der Waals surface area (Å²) in [5.74, 6) is 0. The summed E-state index contributed by atoms with van der Waals surface area (Å²) in [4.78, 5) is 2.11. The molecule has 0 aliphatic rings. The van der Waals surface area contributed by atoms with Gasteiger partial charge in [-0.2, -0.15) is 0 Å². The first kappa shape index (κ1) is 17.9. The van der Waals surface area contributed by atoms with Crippen LogP contribution in [0.4, 0.5) is 0 Å². The molecule has 1 atom stereocenters. The van der Waals surface area contributed by atoms with E-state index in [0.29, 0.717) is 0 Å². The minimum absolute atomic E-state index is 0.253. The standard InChI is InChI=1S/C16H35NO/c1-5-6-7-8-9-10-11-12-13-14-15-18-16(2)17(3)4/h16H,5-15H2,1-4H3. The Bertz CT molecular complexity index is 159. The highest BCUT2D eigenvalue weighted by Gasteiger charge is 2.02. The maximum absolute atomic E-state index is 5.70. The Balaban J connectivity index is 3.03. The van der Waals surface area contributed by atoms with E-state index >= 15 is 0 Å². The van der Waals surface area contributed by atoms with E-state index in [9.17, 15) is 0 Å². The van der Waals surface area contributed by atoms with Gasteiger partial charge in [-0.3, -0.25) is 4.90 Å². The molecule has 0 saturated heterocycles. The molecular weight excluding hydrogens is 222 g/mol. The van der Waals surface area contributed by atoms with Crippen molar-refractivity contribution in [2.45, 2.75) is 84.3 Å². The van der Waals surface area contributed by atoms with Gasteiger partial charge in [-0.25, -0.2) is 0 Å². The maximum Gasteiger partial charge on any atom is 0.107 e. The van der Waals surface area contributed by atoms with E-state index in [2.05, 4.69) is 32.8 Å². The Hall–Kier alpha value is -0.0800. The van der Waals surface area contributed by atoms with Crippen molar-refractivity contribution in [1.82, 2.24) is 4.90 Å². The van der Waals surface area contributed by atoms with E-state index in [4.69, 9.17) is 4.74 Å². The van der Waals surface area contributed by atoms with Crippen LogP contribution in [0.25, 0.3) is 0 Å². The van der Waals surface area contributed by atoms with Crippen LogP contribution in [0.3, 0.4) is 0 Å². The number of ether oxygens (including phenoxy) is 1. The average molecular weight is 257 g/mol. The van der Waals surface area contributed by atoms with Crippen LogP contribution in [0.5, 0.6) is 0 Å². The second-order valence-electron chi connectivity index (χ2n) is 5.62. The fraction of sp³-hybridized carbons (Fsp3) is 1.00. The van der Waals surface area contributed by atoms with Gasteiger partial charge >= 0.3 is 0 Å². The van der Waals surface area contributed by atoms with E-state index in [1.807, 2.05) is 0 Å². The maximum atomic E-state index is 5.70. The van der Waals surface area contributed by atoms with Crippen molar-refractivity contribution in [2.75, 3.05) is 20.7 Å². The van der Waals surface area contributed by atoms with E-state index in [-0.39, 0.29) is 6.23 Å². The quantitative estimate of drug-likeness (QED) is 0.346. The van der Waals surface area contributed by atoms with Crippen LogP contribution < -0.4 is 0 Å². The molecule has 0 radical (unpaired) electrons. The number of rotatable bonds is 13. The molecule has 0 rings (SSSR count). The van der Waals surface area contributed by atoms with Gasteiger partial charge in [0.2, 0.25) is 0 Å². The van der Waals surface area contributed by atoms with Gasteiger partial charge in [-0.1, -0.05) is 64.7 Å². The lowest BCUT2D eigenvalue weighted by atomic mass is 10.1. The SMILES string of the molecule is CCCCCCCCCCCCOC(C)N(C)C. The molecule has 0 heterocycles. The lowest BCUT2D eigenvalue weighted by molar-refractivity contribution is -0.0241. The van der Waals surface area contributed by atoms with Crippen LogP contribution >= 0.6 is 0 Å². The predicted molar refractivity (Wildman–Crippen MR) is 80.9 cm³/mol. The average Bonchev–Trinajstić information content (AvgIpc) is 2.35. The van der Waals surface area contributed by atoms with Crippen LogP contribution in [0.2, 0.25) is 0 Å². The Morgan fingerprint density at radius 3 is 1.67 bits per heavy atom. The Kier molecular flexibility index (Phi) is 13.3. The number of hydrogen-bond donors (Lipinski definition) is 0. The summed E-state index contributed by atoms with van der Waals surface area (Å²) in [5.41, 5.74) is 0. The molecule has 0 aromatic rings. The van der Waals surface area contributed by atoms with Crippen molar-refractivity contribution in [2.24, 2.45) is 0 Å². The van der Waals surface area contributed by atoms with Crippen molar-refractivity contribution in [3.63, 3.8) is 0 Å². The molecule has 1 unspecified atom stereocenters. The molecular formula is C16H35NO. The van der Waals surface area contributed by atoms with Crippen molar-refractivity contribution in [3.05, 3.63) is 0 Å². The lowest BCUT2D eigenvalue weighted by Crippen LogP contribution is -2.27. The Morgan fingerprint density at radius 1 is 0.778 bits per heavy atom. The monoisotopic (exact) mass is 257 g/mol. The van der Waals surface area contributed by atoms with Gasteiger partial charge < -0.3 is 4.74 Å². The number of nitrogens with zero attached hydrogens (tertiary/aromatic N) is 1. The van der Waals surface area contributed by atoms with E-state index in [1.165, 1.54) is 64.2 Å². The summed E-state index contributed by atoms with van der Waals surface area (Å²) in [6, 6.07) is 0. The summed E-state index contributed by atoms with van der Waals surface area (Å²) in [7, 11) is 4.12. The fourth-order valence-electron chi connectivity index (χ4n) is 1.99. The van der Waals surface area contributed by atoms with Gasteiger partial charge in [0, 0.05) is 6.61 Å². The first-order valence-electron chi connectivity index (χ1n) is 7.96. The van der Waals surface area contributed by atoms with Crippen molar-refractivity contribution in [3.8, 4) is 0 Å². The highest BCUT2D eigenvalue weighted by Crippen LogP contribution is 2.10. The molecule has 0 spiro atoms. The summed E-state index contributed by atoms with van der Waals surface area (Å²) < 4.78 is 5.70. The zero-order valence-corrected chi connectivity index (χ0v) is 13.2. The van der Waals surface area contributed by atoms with E-state index < -0.39 is 0 Å². The zero-order chi connectivity index (χ0) is 13.6. The van der Waals surface area contributed by atoms with Gasteiger partial charge in [0.1, 0.15) is 6.23 Å². The molecule has 0 bridgehead atoms. The molecule has 0 aromatic heterocycles. The Labute approximate surface area is 115 Å². The Morgan fingerprint density at radius 2 is 1.22 bits per heavy atom. The van der Waals surface area contributed by atoms with Crippen LogP contribution in [0.15, 0.2) is 0 Å². The van der Waals surface area contributed by atoms with E-state index in [0.717, 1.165) is 6.61 Å². The van der Waals surface area contributed by atoms with E-state index in [1.54, 1.807) is 0 Å². The molecule has 2 nitrogen and oxygen atoms in total. The first-order valence-corrected chi connectivity index (χ1v) is 7.96. The van der Waals surface area contributed by atoms with Crippen LogP contribution in [0.1, 0.15) is 78.1 Å². The predicted octanol–water partition coefficient (Wildman–Crippen LogP) is 4.83. The fourth-order valence-corrected chi connectivity index (χ4v) is 1.99. The third kappa shape index (κ3) is 12.4. The largest absolute Gasteiger partial charge is 0.363 e. The molecule has 2 heteroatoms. The molecule has 0 aromatic carbocycles. The van der Waals surface area contributed by atoms with Crippen LogP contribution in [-0.2, 0) is 4.74 Å². The van der Waals surface area contributed by atoms with Crippen molar-refractivity contribution in [1.29, 1.82) is 0 Å². The topological polar surface area (TPSA) is 12.5 Å². The summed E-state index contributed by atoms with van der Waals surface area (Å²) in [6.07, 6.45) is 14.1. The van der Waals surface area contributed by atoms with Crippen molar-refractivity contribution < 1.29 is 4.74 Å². The van der Waals surface area contributed by atoms with Gasteiger partial charge in [-0.05, 0) is 27.4 Å². The molecule has 0 fully saturated rings. The molecule has 0 aliphatic carbocycles. The third-order valence-electron chi connectivity index (χ3n) is 3.58. The first-order chi connectivity index (χ1) is 8.68. The second-order valence-corrected chi connectivity index (χ2v) is 5.62. The van der Waals surface area contributed by atoms with Crippen molar-refractivity contribution >= 4 is 0 Å². The second kappa shape index (κ2) is 13.4. The minimum Gasteiger partial charge on any atom is -0.363 e. The number of unbranched alkanes of at least 4 members (excludes halogenated alkanes) is 9. The molecule has 18 heavy (non-hydrogen) atoms. The minimum atomic E-state index is 0.253.